The monoisotopic (exact) mass is 277 g/mol. The largest absolute Gasteiger partial charge is 0.454 e. The van der Waals surface area contributed by atoms with Gasteiger partial charge in [0.25, 0.3) is 0 Å². The van der Waals surface area contributed by atoms with Crippen molar-refractivity contribution in [3.8, 4) is 11.5 Å². The van der Waals surface area contributed by atoms with Gasteiger partial charge in [0.2, 0.25) is 0 Å². The van der Waals surface area contributed by atoms with Crippen LogP contribution in [0.4, 0.5) is 8.78 Å². The molecule has 0 aliphatic heterocycles. The molecule has 0 saturated carbocycles. The zero-order chi connectivity index (χ0) is 14.4. The van der Waals surface area contributed by atoms with E-state index in [0.29, 0.717) is 5.75 Å². The number of halogens is 2. The van der Waals surface area contributed by atoms with Gasteiger partial charge in [-0.25, -0.2) is 8.78 Å². The van der Waals surface area contributed by atoms with E-state index in [0.717, 1.165) is 31.1 Å². The minimum absolute atomic E-state index is 0.0169. The summed E-state index contributed by atoms with van der Waals surface area (Å²) in [6, 6.07) is 10.6. The highest BCUT2D eigenvalue weighted by molar-refractivity contribution is 5.34. The first-order valence-electron chi connectivity index (χ1n) is 6.61. The van der Waals surface area contributed by atoms with Gasteiger partial charge in [-0.2, -0.15) is 0 Å². The summed E-state index contributed by atoms with van der Waals surface area (Å²) in [6.45, 7) is 3.87. The molecular weight excluding hydrogens is 260 g/mol. The zero-order valence-corrected chi connectivity index (χ0v) is 11.3. The van der Waals surface area contributed by atoms with Gasteiger partial charge in [-0.3, -0.25) is 0 Å². The van der Waals surface area contributed by atoms with Gasteiger partial charge in [0, 0.05) is 12.6 Å². The van der Waals surface area contributed by atoms with E-state index in [2.05, 4.69) is 12.2 Å². The van der Waals surface area contributed by atoms with Crippen LogP contribution in [0.5, 0.6) is 11.5 Å². The number of hydrogen-bond acceptors (Lipinski definition) is 2. The molecule has 1 N–H and O–H groups in total. The lowest BCUT2D eigenvalue weighted by Crippen LogP contribution is -2.13. The van der Waals surface area contributed by atoms with Crippen molar-refractivity contribution in [3.63, 3.8) is 0 Å². The van der Waals surface area contributed by atoms with Gasteiger partial charge in [0.15, 0.2) is 11.6 Å². The fourth-order valence-electron chi connectivity index (χ4n) is 1.77. The number of hydrogen-bond donors (Lipinski definition) is 1. The predicted molar refractivity (Wildman–Crippen MR) is 74.9 cm³/mol. The molecule has 0 amide bonds. The van der Waals surface area contributed by atoms with Crippen molar-refractivity contribution < 1.29 is 13.5 Å². The van der Waals surface area contributed by atoms with E-state index in [9.17, 15) is 8.78 Å². The lowest BCUT2D eigenvalue weighted by molar-refractivity contribution is 0.437. The summed E-state index contributed by atoms with van der Waals surface area (Å²) < 4.78 is 31.6. The van der Waals surface area contributed by atoms with Crippen molar-refractivity contribution in [2.24, 2.45) is 0 Å². The zero-order valence-electron chi connectivity index (χ0n) is 11.3. The first kappa shape index (κ1) is 14.5. The highest BCUT2D eigenvalue weighted by Crippen LogP contribution is 2.25. The van der Waals surface area contributed by atoms with Crippen LogP contribution in [0.15, 0.2) is 42.5 Å². The Bertz CT molecular complexity index is 555. The molecular formula is C16H17F2NO. The van der Waals surface area contributed by atoms with Crippen LogP contribution in [0.2, 0.25) is 0 Å². The SMILES string of the molecule is CCCNCc1ccc(Oc2ccc(F)cc2F)cc1. The van der Waals surface area contributed by atoms with Gasteiger partial charge in [0.05, 0.1) is 0 Å². The highest BCUT2D eigenvalue weighted by atomic mass is 19.1. The molecule has 4 heteroatoms. The van der Waals surface area contributed by atoms with Crippen molar-refractivity contribution in [2.45, 2.75) is 19.9 Å². The van der Waals surface area contributed by atoms with Crippen LogP contribution in [0.1, 0.15) is 18.9 Å². The topological polar surface area (TPSA) is 21.3 Å². The minimum atomic E-state index is -0.710. The Kier molecular flexibility index (Phi) is 5.07. The smallest absolute Gasteiger partial charge is 0.168 e. The van der Waals surface area contributed by atoms with Gasteiger partial charge in [0.1, 0.15) is 11.6 Å². The standard InChI is InChI=1S/C16H17F2NO/c1-2-9-19-11-12-3-6-14(7-4-12)20-16-8-5-13(17)10-15(16)18/h3-8,10,19H,2,9,11H2,1H3. The maximum absolute atomic E-state index is 13.4. The van der Waals surface area contributed by atoms with Crippen LogP contribution in [-0.2, 0) is 6.54 Å². The van der Waals surface area contributed by atoms with Crippen molar-refractivity contribution >= 4 is 0 Å². The van der Waals surface area contributed by atoms with Crippen molar-refractivity contribution in [3.05, 3.63) is 59.7 Å². The van der Waals surface area contributed by atoms with Crippen LogP contribution >= 0.6 is 0 Å². The fourth-order valence-corrected chi connectivity index (χ4v) is 1.77. The van der Waals surface area contributed by atoms with E-state index in [4.69, 9.17) is 4.74 Å². The van der Waals surface area contributed by atoms with Crippen LogP contribution in [0, 0.1) is 11.6 Å². The van der Waals surface area contributed by atoms with E-state index >= 15 is 0 Å². The quantitative estimate of drug-likeness (QED) is 0.797. The maximum Gasteiger partial charge on any atom is 0.168 e. The third-order valence-corrected chi connectivity index (χ3v) is 2.80. The van der Waals surface area contributed by atoms with Crippen LogP contribution < -0.4 is 10.1 Å². The molecule has 2 rings (SSSR count). The highest BCUT2D eigenvalue weighted by Gasteiger charge is 2.06. The average molecular weight is 277 g/mol. The molecule has 0 radical (unpaired) electrons. The molecule has 0 spiro atoms. The lowest BCUT2D eigenvalue weighted by Gasteiger charge is -2.08. The van der Waals surface area contributed by atoms with E-state index < -0.39 is 11.6 Å². The molecule has 0 aromatic heterocycles. The van der Waals surface area contributed by atoms with Crippen molar-refractivity contribution in [1.29, 1.82) is 0 Å². The van der Waals surface area contributed by atoms with E-state index in [-0.39, 0.29) is 5.75 Å². The molecule has 2 aromatic carbocycles. The maximum atomic E-state index is 13.4. The third-order valence-electron chi connectivity index (χ3n) is 2.80. The lowest BCUT2D eigenvalue weighted by atomic mass is 10.2. The van der Waals surface area contributed by atoms with Crippen molar-refractivity contribution in [1.82, 2.24) is 5.32 Å². The molecule has 20 heavy (non-hydrogen) atoms. The van der Waals surface area contributed by atoms with E-state index in [1.807, 2.05) is 12.1 Å². The molecule has 2 nitrogen and oxygen atoms in total. The summed E-state index contributed by atoms with van der Waals surface area (Å²) in [5.74, 6) is -0.788. The Morgan fingerprint density at radius 3 is 2.45 bits per heavy atom. The summed E-state index contributed by atoms with van der Waals surface area (Å²) in [5, 5.41) is 3.29. The average Bonchev–Trinajstić information content (AvgIpc) is 2.44. The summed E-state index contributed by atoms with van der Waals surface area (Å²) in [6.07, 6.45) is 1.09. The molecule has 0 unspecified atom stereocenters. The van der Waals surface area contributed by atoms with Crippen LogP contribution in [0.3, 0.4) is 0 Å². The number of benzene rings is 2. The van der Waals surface area contributed by atoms with Gasteiger partial charge in [-0.05, 0) is 42.8 Å². The Labute approximate surface area is 117 Å². The normalized spacial score (nSPS) is 10.6. The molecule has 0 atom stereocenters. The molecule has 2 aromatic rings. The Morgan fingerprint density at radius 1 is 1.05 bits per heavy atom. The number of ether oxygens (including phenoxy) is 1. The number of rotatable bonds is 6. The third kappa shape index (κ3) is 4.03. The Hall–Kier alpha value is -1.94. The molecule has 0 saturated heterocycles. The van der Waals surface area contributed by atoms with Crippen molar-refractivity contribution in [2.75, 3.05) is 6.54 Å². The molecule has 0 aliphatic carbocycles. The number of nitrogens with one attached hydrogen (secondary N) is 1. The predicted octanol–water partition coefficient (Wildman–Crippen LogP) is 4.26. The first-order chi connectivity index (χ1) is 9.69. The molecule has 106 valence electrons. The molecule has 0 aliphatic rings. The van der Waals surface area contributed by atoms with Crippen LogP contribution in [-0.4, -0.2) is 6.54 Å². The van der Waals surface area contributed by atoms with Gasteiger partial charge < -0.3 is 10.1 Å². The van der Waals surface area contributed by atoms with Gasteiger partial charge in [-0.15, -0.1) is 0 Å². The Morgan fingerprint density at radius 2 is 1.80 bits per heavy atom. The Balaban J connectivity index is 1.99. The second-order valence-corrected chi connectivity index (χ2v) is 4.50. The van der Waals surface area contributed by atoms with Gasteiger partial charge >= 0.3 is 0 Å². The minimum Gasteiger partial charge on any atom is -0.454 e. The summed E-state index contributed by atoms with van der Waals surface area (Å²) in [5.41, 5.74) is 1.13. The second kappa shape index (κ2) is 7.01. The summed E-state index contributed by atoms with van der Waals surface area (Å²) >= 11 is 0. The molecule has 0 bridgehead atoms. The summed E-state index contributed by atoms with van der Waals surface area (Å²) in [4.78, 5) is 0. The second-order valence-electron chi connectivity index (χ2n) is 4.50. The van der Waals surface area contributed by atoms with Gasteiger partial charge in [-0.1, -0.05) is 19.1 Å². The van der Waals surface area contributed by atoms with E-state index in [1.54, 1.807) is 12.1 Å². The molecule has 0 heterocycles. The first-order valence-corrected chi connectivity index (χ1v) is 6.61. The summed E-state index contributed by atoms with van der Waals surface area (Å²) in [7, 11) is 0. The molecule has 0 fully saturated rings. The van der Waals surface area contributed by atoms with E-state index in [1.165, 1.54) is 12.1 Å². The van der Waals surface area contributed by atoms with Crippen LogP contribution in [0.25, 0.3) is 0 Å². The fraction of sp³-hybridized carbons (Fsp3) is 0.250.